The van der Waals surface area contributed by atoms with E-state index >= 15 is 0 Å². The summed E-state index contributed by atoms with van der Waals surface area (Å²) in [5, 5.41) is 0. The summed E-state index contributed by atoms with van der Waals surface area (Å²) in [6.07, 6.45) is 6.59. The number of sulfone groups is 1. The highest BCUT2D eigenvalue weighted by molar-refractivity contribution is 7.90. The molecule has 0 aliphatic carbocycles. The number of aromatic nitrogens is 1. The second-order valence-corrected chi connectivity index (χ2v) is 9.09. The van der Waals surface area contributed by atoms with Gasteiger partial charge in [0.25, 0.3) is 5.91 Å². The third kappa shape index (κ3) is 4.18. The van der Waals surface area contributed by atoms with Crippen molar-refractivity contribution in [2.24, 2.45) is 4.99 Å². The van der Waals surface area contributed by atoms with Crippen LogP contribution >= 0.6 is 11.3 Å². The molecule has 9 heteroatoms. The molecule has 0 spiro atoms. The van der Waals surface area contributed by atoms with Gasteiger partial charge in [0.1, 0.15) is 0 Å². The van der Waals surface area contributed by atoms with Crippen molar-refractivity contribution in [2.75, 3.05) is 20.5 Å². The van der Waals surface area contributed by atoms with E-state index in [9.17, 15) is 13.2 Å². The molecule has 0 saturated carbocycles. The van der Waals surface area contributed by atoms with Crippen molar-refractivity contribution in [2.45, 2.75) is 11.4 Å². The fourth-order valence-corrected chi connectivity index (χ4v) is 4.44. The first-order valence-corrected chi connectivity index (χ1v) is 11.1. The van der Waals surface area contributed by atoms with Gasteiger partial charge in [-0.25, -0.2) is 8.42 Å². The monoisotopic (exact) mass is 430 g/mol. The third-order valence-electron chi connectivity index (χ3n) is 4.14. The van der Waals surface area contributed by atoms with Crippen LogP contribution in [-0.4, -0.2) is 39.4 Å². The molecule has 1 aromatic heterocycles. The van der Waals surface area contributed by atoms with Crippen LogP contribution in [-0.2, 0) is 16.4 Å². The average Bonchev–Trinajstić information content (AvgIpc) is 3.02. The van der Waals surface area contributed by atoms with Crippen molar-refractivity contribution in [1.82, 2.24) is 4.57 Å². The molecule has 0 saturated heterocycles. The Morgan fingerprint density at radius 3 is 2.52 bits per heavy atom. The summed E-state index contributed by atoms with van der Waals surface area (Å²) in [4.78, 5) is 17.3. The molecule has 29 heavy (non-hydrogen) atoms. The lowest BCUT2D eigenvalue weighted by Gasteiger charge is -2.08. The van der Waals surface area contributed by atoms with E-state index in [0.29, 0.717) is 16.3 Å². The normalized spacial score (nSPS) is 12.0. The minimum atomic E-state index is -3.44. The first-order valence-electron chi connectivity index (χ1n) is 8.36. The van der Waals surface area contributed by atoms with Crippen molar-refractivity contribution in [3.63, 3.8) is 0 Å². The van der Waals surface area contributed by atoms with Crippen LogP contribution in [0.25, 0.3) is 10.2 Å². The molecule has 0 aliphatic heterocycles. The highest BCUT2D eigenvalue weighted by Gasteiger charge is 2.15. The Labute approximate surface area is 172 Å². The average molecular weight is 431 g/mol. The van der Waals surface area contributed by atoms with E-state index in [2.05, 4.69) is 10.9 Å². The molecule has 0 bridgehead atoms. The quantitative estimate of drug-likeness (QED) is 0.581. The molecule has 0 fully saturated rings. The lowest BCUT2D eigenvalue weighted by molar-refractivity contribution is 0.0997. The van der Waals surface area contributed by atoms with E-state index in [1.165, 1.54) is 49.8 Å². The number of carbonyl (C=O) groups excluding carboxylic acids is 1. The molecule has 0 N–H and O–H groups in total. The highest BCUT2D eigenvalue weighted by atomic mass is 32.2. The topological polar surface area (TPSA) is 87.0 Å². The van der Waals surface area contributed by atoms with E-state index in [1.54, 1.807) is 16.7 Å². The van der Waals surface area contributed by atoms with Crippen LogP contribution in [0.1, 0.15) is 10.4 Å². The molecule has 150 valence electrons. The number of ether oxygens (including phenoxy) is 2. The van der Waals surface area contributed by atoms with Crippen molar-refractivity contribution in [1.29, 1.82) is 0 Å². The maximum atomic E-state index is 12.7. The minimum Gasteiger partial charge on any atom is -0.493 e. The maximum absolute atomic E-state index is 12.7. The third-order valence-corrected chi connectivity index (χ3v) is 6.30. The van der Waals surface area contributed by atoms with Crippen molar-refractivity contribution < 1.29 is 22.7 Å². The van der Waals surface area contributed by atoms with Gasteiger partial charge in [-0.15, -0.1) is 6.42 Å². The smallest absolute Gasteiger partial charge is 0.279 e. The van der Waals surface area contributed by atoms with Crippen LogP contribution in [0.4, 0.5) is 0 Å². The summed E-state index contributed by atoms with van der Waals surface area (Å²) in [5.41, 5.74) is 0.926. The van der Waals surface area contributed by atoms with Crippen LogP contribution in [0, 0.1) is 12.3 Å². The van der Waals surface area contributed by atoms with Gasteiger partial charge in [-0.2, -0.15) is 4.99 Å². The van der Waals surface area contributed by atoms with Crippen molar-refractivity contribution in [3.8, 4) is 23.8 Å². The largest absolute Gasteiger partial charge is 0.493 e. The molecule has 0 aliphatic rings. The summed E-state index contributed by atoms with van der Waals surface area (Å²) in [6, 6.07) is 9.34. The lowest BCUT2D eigenvalue weighted by atomic mass is 10.2. The minimum absolute atomic E-state index is 0.0564. The van der Waals surface area contributed by atoms with Crippen LogP contribution in [0.3, 0.4) is 0 Å². The number of rotatable bonds is 5. The fraction of sp³-hybridized carbons (Fsp3) is 0.200. The highest BCUT2D eigenvalue weighted by Crippen LogP contribution is 2.33. The molecular weight excluding hydrogens is 412 g/mol. The number of amides is 1. The van der Waals surface area contributed by atoms with Gasteiger partial charge in [-0.3, -0.25) is 4.79 Å². The molecule has 0 unspecified atom stereocenters. The SMILES string of the molecule is C#CCn1c(=NC(=O)c2cccc(S(C)(=O)=O)c2)sc2cc(OC)c(OC)cc21. The number of carbonyl (C=O) groups is 1. The molecule has 2 aromatic carbocycles. The standard InChI is InChI=1S/C20H18N2O5S2/c1-5-9-22-15-11-16(26-2)17(27-3)12-18(15)28-20(22)21-19(23)13-7-6-8-14(10-13)29(4,24)25/h1,6-8,10-12H,9H2,2-4H3. The van der Waals surface area contributed by atoms with E-state index in [-0.39, 0.29) is 17.0 Å². The second kappa shape index (κ2) is 8.11. The maximum Gasteiger partial charge on any atom is 0.279 e. The van der Waals surface area contributed by atoms with Crippen LogP contribution in [0.5, 0.6) is 11.5 Å². The number of terminal acetylenes is 1. The predicted octanol–water partition coefficient (Wildman–Crippen LogP) is 2.50. The number of methoxy groups -OCH3 is 2. The molecule has 3 rings (SSSR count). The Bertz CT molecular complexity index is 1310. The van der Waals surface area contributed by atoms with E-state index < -0.39 is 15.7 Å². The summed E-state index contributed by atoms with van der Waals surface area (Å²) in [5.74, 6) is 3.07. The number of hydrogen-bond donors (Lipinski definition) is 0. The van der Waals surface area contributed by atoms with Gasteiger partial charge in [0.15, 0.2) is 26.1 Å². The van der Waals surface area contributed by atoms with Gasteiger partial charge in [0.05, 0.1) is 35.9 Å². The molecular formula is C20H18N2O5S2. The zero-order valence-corrected chi connectivity index (χ0v) is 17.6. The van der Waals surface area contributed by atoms with Gasteiger partial charge >= 0.3 is 0 Å². The van der Waals surface area contributed by atoms with E-state index in [0.717, 1.165) is 16.5 Å². The Balaban J connectivity index is 2.18. The van der Waals surface area contributed by atoms with Gasteiger partial charge in [-0.05, 0) is 18.2 Å². The first kappa shape index (κ1) is 20.6. The summed E-state index contributed by atoms with van der Waals surface area (Å²) >= 11 is 1.27. The van der Waals surface area contributed by atoms with Gasteiger partial charge in [0, 0.05) is 24.0 Å². The molecule has 1 amide bonds. The summed E-state index contributed by atoms with van der Waals surface area (Å²) in [7, 11) is -0.364. The zero-order valence-electron chi connectivity index (χ0n) is 16.0. The summed E-state index contributed by atoms with van der Waals surface area (Å²) < 4.78 is 36.7. The van der Waals surface area contributed by atoms with Crippen molar-refractivity contribution in [3.05, 3.63) is 46.8 Å². The molecule has 3 aromatic rings. The van der Waals surface area contributed by atoms with Crippen LogP contribution in [0.15, 0.2) is 46.3 Å². The van der Waals surface area contributed by atoms with Gasteiger partial charge in [0.2, 0.25) is 0 Å². The van der Waals surface area contributed by atoms with Crippen molar-refractivity contribution >= 4 is 37.3 Å². The van der Waals surface area contributed by atoms with E-state index in [4.69, 9.17) is 15.9 Å². The van der Waals surface area contributed by atoms with Gasteiger partial charge in [-0.1, -0.05) is 23.3 Å². The number of benzene rings is 2. The predicted molar refractivity (Wildman–Crippen MR) is 111 cm³/mol. The fourth-order valence-electron chi connectivity index (χ4n) is 2.74. The summed E-state index contributed by atoms with van der Waals surface area (Å²) in [6.45, 7) is 0.199. The Hall–Kier alpha value is -3.09. The number of thiazole rings is 1. The number of nitrogens with zero attached hydrogens (tertiary/aromatic N) is 2. The second-order valence-electron chi connectivity index (χ2n) is 6.07. The van der Waals surface area contributed by atoms with Crippen LogP contribution in [0.2, 0.25) is 0 Å². The Kier molecular flexibility index (Phi) is 5.77. The number of hydrogen-bond acceptors (Lipinski definition) is 6. The number of fused-ring (bicyclic) bond motifs is 1. The van der Waals surface area contributed by atoms with Gasteiger partial charge < -0.3 is 14.0 Å². The molecule has 0 radical (unpaired) electrons. The Morgan fingerprint density at radius 2 is 1.90 bits per heavy atom. The molecule has 7 nitrogen and oxygen atoms in total. The van der Waals surface area contributed by atoms with Crippen LogP contribution < -0.4 is 14.3 Å². The van der Waals surface area contributed by atoms with E-state index in [1.807, 2.05) is 0 Å². The first-order chi connectivity index (χ1) is 13.8. The molecule has 1 heterocycles. The molecule has 0 atom stereocenters. The zero-order chi connectivity index (χ0) is 21.2. The Morgan fingerprint density at radius 1 is 1.21 bits per heavy atom. The lowest BCUT2D eigenvalue weighted by Crippen LogP contribution is -2.16.